The summed E-state index contributed by atoms with van der Waals surface area (Å²) in [5.41, 5.74) is 1.80. The minimum Gasteiger partial charge on any atom is -0.487 e. The van der Waals surface area contributed by atoms with Crippen molar-refractivity contribution in [2.45, 2.75) is 31.7 Å². The van der Waals surface area contributed by atoms with Crippen molar-refractivity contribution in [1.82, 2.24) is 19.4 Å². The number of carbonyl (C=O) groups is 1. The maximum absolute atomic E-state index is 13.7. The van der Waals surface area contributed by atoms with Gasteiger partial charge in [-0.3, -0.25) is 14.7 Å². The zero-order chi connectivity index (χ0) is 19.8. The van der Waals surface area contributed by atoms with Crippen LogP contribution in [0.5, 0.6) is 5.75 Å². The molecule has 1 fully saturated rings. The Morgan fingerprint density at radius 2 is 2.03 bits per heavy atom. The quantitative estimate of drug-likeness (QED) is 0.686. The average Bonchev–Trinajstić information content (AvgIpc) is 3.33. The van der Waals surface area contributed by atoms with Gasteiger partial charge < -0.3 is 14.2 Å². The predicted molar refractivity (Wildman–Crippen MR) is 108 cm³/mol. The minimum atomic E-state index is -0.235. The Morgan fingerprint density at radius 3 is 2.83 bits per heavy atom. The van der Waals surface area contributed by atoms with Gasteiger partial charge in [-0.25, -0.2) is 4.98 Å². The molecule has 0 spiro atoms. The molecular formula is C22H23N5O2. The van der Waals surface area contributed by atoms with Crippen molar-refractivity contribution in [3.05, 3.63) is 72.6 Å². The Bertz CT molecular complexity index is 1020. The highest BCUT2D eigenvalue weighted by Gasteiger charge is 2.43. The third-order valence-corrected chi connectivity index (χ3v) is 5.69. The average molecular weight is 389 g/mol. The highest BCUT2D eigenvalue weighted by molar-refractivity contribution is 5.99. The highest BCUT2D eigenvalue weighted by Crippen LogP contribution is 2.37. The number of aryl methyl sites for hydroxylation is 1. The van der Waals surface area contributed by atoms with Gasteiger partial charge in [-0.15, -0.1) is 0 Å². The number of hydrogen-bond acceptors (Lipinski definition) is 5. The van der Waals surface area contributed by atoms with E-state index in [1.165, 1.54) is 0 Å². The summed E-state index contributed by atoms with van der Waals surface area (Å²) >= 11 is 0. The molecule has 1 saturated heterocycles. The van der Waals surface area contributed by atoms with Crippen LogP contribution in [0.2, 0.25) is 0 Å². The largest absolute Gasteiger partial charge is 0.487 e. The third kappa shape index (κ3) is 3.38. The summed E-state index contributed by atoms with van der Waals surface area (Å²) in [5, 5.41) is 0. The van der Waals surface area contributed by atoms with Crippen LogP contribution in [0.25, 0.3) is 0 Å². The molecular weight excluding hydrogens is 366 g/mol. The van der Waals surface area contributed by atoms with Crippen molar-refractivity contribution in [3.63, 3.8) is 0 Å². The van der Waals surface area contributed by atoms with Gasteiger partial charge in [0.25, 0.3) is 0 Å². The summed E-state index contributed by atoms with van der Waals surface area (Å²) in [7, 11) is 1.98. The lowest BCUT2D eigenvalue weighted by atomic mass is 10.1. The maximum atomic E-state index is 13.7. The van der Waals surface area contributed by atoms with Gasteiger partial charge >= 0.3 is 0 Å². The number of hydrogen-bond donors (Lipinski definition) is 0. The molecule has 1 amide bonds. The third-order valence-electron chi connectivity index (χ3n) is 5.69. The molecule has 5 rings (SSSR count). The molecule has 0 saturated carbocycles. The lowest BCUT2D eigenvalue weighted by Crippen LogP contribution is -2.45. The molecule has 2 unspecified atom stereocenters. The Morgan fingerprint density at radius 1 is 1.14 bits per heavy atom. The normalized spacial score (nSPS) is 21.4. The van der Waals surface area contributed by atoms with E-state index in [1.54, 1.807) is 18.6 Å². The molecule has 1 aromatic carbocycles. The fraction of sp³-hybridized carbons (Fsp3) is 0.318. The van der Waals surface area contributed by atoms with Crippen LogP contribution in [-0.2, 0) is 24.9 Å². The summed E-state index contributed by atoms with van der Waals surface area (Å²) in [6.07, 6.45) is 7.94. The molecule has 29 heavy (non-hydrogen) atoms. The van der Waals surface area contributed by atoms with E-state index in [1.807, 2.05) is 59.1 Å². The van der Waals surface area contributed by atoms with E-state index < -0.39 is 0 Å². The number of ether oxygens (including phenoxy) is 1. The zero-order valence-electron chi connectivity index (χ0n) is 16.3. The molecule has 2 bridgehead atoms. The Labute approximate surface area is 169 Å². The Balaban J connectivity index is 1.50. The molecule has 2 aromatic heterocycles. The molecule has 2 aliphatic rings. The van der Waals surface area contributed by atoms with Gasteiger partial charge in [0, 0.05) is 44.8 Å². The standard InChI is InChI=1S/C22H23N5O2/c1-25-10-9-24-21(25)15-26-14-17-11-19(26)22(28)27(13-16-5-4-8-23-12-16)18-6-2-3-7-20(18)29-17/h2-10,12,17,19H,11,13-15H2,1H3. The topological polar surface area (TPSA) is 63.5 Å². The van der Waals surface area contributed by atoms with Gasteiger partial charge in [-0.1, -0.05) is 18.2 Å². The van der Waals surface area contributed by atoms with Gasteiger partial charge in [0.15, 0.2) is 0 Å². The van der Waals surface area contributed by atoms with Crippen LogP contribution in [0.4, 0.5) is 5.69 Å². The van der Waals surface area contributed by atoms with Gasteiger partial charge in [0.2, 0.25) is 5.91 Å². The van der Waals surface area contributed by atoms with E-state index in [0.717, 1.165) is 22.8 Å². The number of carbonyl (C=O) groups excluding carboxylic acids is 1. The number of imidazole rings is 1. The smallest absolute Gasteiger partial charge is 0.244 e. The van der Waals surface area contributed by atoms with Crippen LogP contribution in [0.15, 0.2) is 61.2 Å². The van der Waals surface area contributed by atoms with Gasteiger partial charge in [0.1, 0.15) is 17.7 Å². The van der Waals surface area contributed by atoms with Crippen LogP contribution in [0.3, 0.4) is 0 Å². The van der Waals surface area contributed by atoms with Crippen LogP contribution in [0.1, 0.15) is 17.8 Å². The number of anilines is 1. The Hall–Kier alpha value is -3.19. The van der Waals surface area contributed by atoms with Crippen molar-refractivity contribution < 1.29 is 9.53 Å². The second-order valence-electron chi connectivity index (χ2n) is 7.63. The molecule has 7 nitrogen and oxygen atoms in total. The van der Waals surface area contributed by atoms with Crippen LogP contribution < -0.4 is 9.64 Å². The number of fused-ring (bicyclic) bond motifs is 3. The number of para-hydroxylation sites is 2. The second kappa shape index (κ2) is 7.33. The van der Waals surface area contributed by atoms with Crippen LogP contribution in [-0.4, -0.2) is 44.0 Å². The van der Waals surface area contributed by atoms with E-state index in [-0.39, 0.29) is 18.1 Å². The monoisotopic (exact) mass is 389 g/mol. The first-order valence-electron chi connectivity index (χ1n) is 9.85. The lowest BCUT2D eigenvalue weighted by molar-refractivity contribution is -0.123. The number of amides is 1. The second-order valence-corrected chi connectivity index (χ2v) is 7.63. The number of likely N-dealkylation sites (tertiary alicyclic amines) is 1. The predicted octanol–water partition coefficient (Wildman–Crippen LogP) is 2.38. The summed E-state index contributed by atoms with van der Waals surface area (Å²) in [5.74, 6) is 1.80. The fourth-order valence-corrected chi connectivity index (χ4v) is 4.20. The SMILES string of the molecule is Cn1ccnc1CN1CC2CC1C(=O)N(Cc1cccnc1)c1ccccc1O2. The molecule has 0 aliphatic carbocycles. The molecule has 2 aliphatic heterocycles. The summed E-state index contributed by atoms with van der Waals surface area (Å²) < 4.78 is 8.34. The van der Waals surface area contributed by atoms with Crippen molar-refractivity contribution in [1.29, 1.82) is 0 Å². The number of rotatable bonds is 4. The van der Waals surface area contributed by atoms with Gasteiger partial charge in [0.05, 0.1) is 24.8 Å². The molecule has 7 heteroatoms. The summed E-state index contributed by atoms with van der Waals surface area (Å²) in [6, 6.07) is 11.4. The van der Waals surface area contributed by atoms with Gasteiger partial charge in [-0.2, -0.15) is 0 Å². The maximum Gasteiger partial charge on any atom is 0.244 e. The summed E-state index contributed by atoms with van der Waals surface area (Å²) in [6.45, 7) is 1.79. The molecule has 2 atom stereocenters. The van der Waals surface area contributed by atoms with Crippen molar-refractivity contribution in [3.8, 4) is 5.75 Å². The number of nitrogens with zero attached hydrogens (tertiary/aromatic N) is 5. The van der Waals surface area contributed by atoms with E-state index in [0.29, 0.717) is 26.1 Å². The number of pyridine rings is 1. The van der Waals surface area contributed by atoms with Crippen molar-refractivity contribution >= 4 is 11.6 Å². The van der Waals surface area contributed by atoms with E-state index in [2.05, 4.69) is 14.9 Å². The molecule has 3 aromatic rings. The molecule has 0 N–H and O–H groups in total. The minimum absolute atomic E-state index is 0.00842. The number of aromatic nitrogens is 3. The number of benzene rings is 1. The van der Waals surface area contributed by atoms with Crippen molar-refractivity contribution in [2.24, 2.45) is 7.05 Å². The first-order valence-corrected chi connectivity index (χ1v) is 9.85. The first-order chi connectivity index (χ1) is 14.2. The zero-order valence-corrected chi connectivity index (χ0v) is 16.3. The van der Waals surface area contributed by atoms with E-state index >= 15 is 0 Å². The van der Waals surface area contributed by atoms with E-state index in [9.17, 15) is 4.79 Å². The fourth-order valence-electron chi connectivity index (χ4n) is 4.20. The summed E-state index contributed by atoms with van der Waals surface area (Å²) in [4.78, 5) is 26.4. The molecule has 0 radical (unpaired) electrons. The molecule has 148 valence electrons. The van der Waals surface area contributed by atoms with Crippen LogP contribution in [0, 0.1) is 0 Å². The molecule has 4 heterocycles. The van der Waals surface area contributed by atoms with Crippen LogP contribution >= 0.6 is 0 Å². The Kier molecular flexibility index (Phi) is 4.52. The van der Waals surface area contributed by atoms with E-state index in [4.69, 9.17) is 4.74 Å². The van der Waals surface area contributed by atoms with Crippen molar-refractivity contribution in [2.75, 3.05) is 11.4 Å². The first kappa shape index (κ1) is 17.9. The highest BCUT2D eigenvalue weighted by atomic mass is 16.5. The van der Waals surface area contributed by atoms with Gasteiger partial charge in [-0.05, 0) is 23.8 Å². The lowest BCUT2D eigenvalue weighted by Gasteiger charge is -2.31.